The highest BCUT2D eigenvalue weighted by atomic mass is 15.3. The highest BCUT2D eigenvalue weighted by Crippen LogP contribution is 2.29. The largest absolute Gasteiger partial charge is 0.327 e. The van der Waals surface area contributed by atoms with Crippen molar-refractivity contribution in [3.05, 3.63) is 12.2 Å². The lowest BCUT2D eigenvalue weighted by atomic mass is 10.2. The van der Waals surface area contributed by atoms with Crippen molar-refractivity contribution in [2.24, 2.45) is 11.7 Å². The fourth-order valence-corrected chi connectivity index (χ4v) is 2.18. The molecule has 15 heavy (non-hydrogen) atoms. The summed E-state index contributed by atoms with van der Waals surface area (Å²) in [5, 5.41) is 0. The minimum Gasteiger partial charge on any atom is -0.327 e. The van der Waals surface area contributed by atoms with Crippen molar-refractivity contribution in [3.8, 4) is 0 Å². The topological polar surface area (TPSA) is 32.5 Å². The van der Waals surface area contributed by atoms with Gasteiger partial charge in [0.15, 0.2) is 0 Å². The van der Waals surface area contributed by atoms with E-state index in [0.29, 0.717) is 6.54 Å². The first-order chi connectivity index (χ1) is 7.28. The van der Waals surface area contributed by atoms with Crippen LogP contribution in [-0.2, 0) is 0 Å². The molecule has 0 aromatic heterocycles. The normalized spacial score (nSPS) is 24.3. The Balaban J connectivity index is 1.64. The molecule has 1 aliphatic carbocycles. The summed E-state index contributed by atoms with van der Waals surface area (Å²) in [4.78, 5) is 5.08. The predicted molar refractivity (Wildman–Crippen MR) is 63.8 cm³/mol. The van der Waals surface area contributed by atoms with Gasteiger partial charge < -0.3 is 10.6 Å². The van der Waals surface area contributed by atoms with Gasteiger partial charge in [-0.2, -0.15) is 0 Å². The van der Waals surface area contributed by atoms with Gasteiger partial charge in [-0.25, -0.2) is 0 Å². The summed E-state index contributed by atoms with van der Waals surface area (Å²) in [5.41, 5.74) is 6.71. The molecule has 1 saturated heterocycles. The Morgan fingerprint density at radius 2 is 1.73 bits per heavy atom. The Kier molecular flexibility index (Phi) is 3.78. The molecule has 0 bridgehead atoms. The maximum atomic E-state index is 5.55. The fourth-order valence-electron chi connectivity index (χ4n) is 2.18. The summed E-state index contributed by atoms with van der Waals surface area (Å²) in [6.07, 6.45) is 2.92. The molecule has 3 heteroatoms. The molecule has 0 atom stereocenters. The van der Waals surface area contributed by atoms with E-state index in [-0.39, 0.29) is 0 Å². The molecule has 1 heterocycles. The molecule has 0 aromatic rings. The Bertz CT molecular complexity index is 215. The lowest BCUT2D eigenvalue weighted by Crippen LogP contribution is -2.47. The molecule has 0 aromatic carbocycles. The standard InChI is InChI=1S/C12H23N3/c1-11(8-13)9-14-4-6-15(7-5-14)10-12-2-3-12/h12H,1-10,13H2. The van der Waals surface area contributed by atoms with E-state index in [2.05, 4.69) is 16.4 Å². The number of piperazine rings is 1. The molecule has 2 N–H and O–H groups in total. The summed E-state index contributed by atoms with van der Waals surface area (Å²) in [6, 6.07) is 0. The van der Waals surface area contributed by atoms with E-state index in [9.17, 15) is 0 Å². The minimum absolute atomic E-state index is 0.627. The summed E-state index contributed by atoms with van der Waals surface area (Å²) < 4.78 is 0. The van der Waals surface area contributed by atoms with Gasteiger partial charge >= 0.3 is 0 Å². The van der Waals surface area contributed by atoms with Crippen LogP contribution in [0, 0.1) is 5.92 Å². The first-order valence-corrected chi connectivity index (χ1v) is 6.09. The van der Waals surface area contributed by atoms with Crippen LogP contribution in [0.15, 0.2) is 12.2 Å². The highest BCUT2D eigenvalue weighted by Gasteiger charge is 2.26. The fraction of sp³-hybridized carbons (Fsp3) is 0.833. The zero-order valence-electron chi connectivity index (χ0n) is 9.62. The van der Waals surface area contributed by atoms with Crippen molar-refractivity contribution in [3.63, 3.8) is 0 Å². The van der Waals surface area contributed by atoms with Crippen LogP contribution in [0.1, 0.15) is 12.8 Å². The monoisotopic (exact) mass is 209 g/mol. The molecule has 1 aliphatic heterocycles. The van der Waals surface area contributed by atoms with Gasteiger partial charge in [0.25, 0.3) is 0 Å². The molecule has 2 fully saturated rings. The first-order valence-electron chi connectivity index (χ1n) is 6.09. The zero-order chi connectivity index (χ0) is 10.7. The molecule has 1 saturated carbocycles. The minimum atomic E-state index is 0.627. The third-order valence-electron chi connectivity index (χ3n) is 3.41. The number of nitrogens with two attached hydrogens (primary N) is 1. The maximum Gasteiger partial charge on any atom is 0.0203 e. The van der Waals surface area contributed by atoms with Crippen LogP contribution in [0.3, 0.4) is 0 Å². The van der Waals surface area contributed by atoms with Crippen LogP contribution in [0.2, 0.25) is 0 Å². The number of hydrogen-bond acceptors (Lipinski definition) is 3. The molecule has 0 radical (unpaired) electrons. The van der Waals surface area contributed by atoms with Gasteiger partial charge in [-0.15, -0.1) is 0 Å². The number of hydrogen-bond donors (Lipinski definition) is 1. The van der Waals surface area contributed by atoms with Crippen LogP contribution in [0.5, 0.6) is 0 Å². The lowest BCUT2D eigenvalue weighted by Gasteiger charge is -2.35. The van der Waals surface area contributed by atoms with Gasteiger partial charge in [-0.3, -0.25) is 4.90 Å². The molecule has 0 amide bonds. The second kappa shape index (κ2) is 5.10. The second-order valence-corrected chi connectivity index (χ2v) is 4.97. The molecular formula is C12H23N3. The lowest BCUT2D eigenvalue weighted by molar-refractivity contribution is 0.136. The van der Waals surface area contributed by atoms with E-state index in [1.54, 1.807) is 0 Å². The van der Waals surface area contributed by atoms with E-state index in [1.807, 2.05) is 0 Å². The Hall–Kier alpha value is -0.380. The van der Waals surface area contributed by atoms with Gasteiger partial charge in [0.1, 0.15) is 0 Å². The zero-order valence-corrected chi connectivity index (χ0v) is 9.62. The molecule has 0 spiro atoms. The quantitative estimate of drug-likeness (QED) is 0.670. The molecule has 3 nitrogen and oxygen atoms in total. The van der Waals surface area contributed by atoms with E-state index in [0.717, 1.165) is 18.0 Å². The van der Waals surface area contributed by atoms with Gasteiger partial charge in [-0.05, 0) is 24.3 Å². The molecule has 86 valence electrons. The van der Waals surface area contributed by atoms with E-state index < -0.39 is 0 Å². The summed E-state index contributed by atoms with van der Waals surface area (Å²) in [5.74, 6) is 1.02. The Morgan fingerprint density at radius 3 is 2.27 bits per heavy atom. The smallest absolute Gasteiger partial charge is 0.0203 e. The number of rotatable bonds is 5. The van der Waals surface area contributed by atoms with E-state index in [4.69, 9.17) is 5.73 Å². The first kappa shape index (κ1) is 11.1. The van der Waals surface area contributed by atoms with Crippen LogP contribution >= 0.6 is 0 Å². The summed E-state index contributed by atoms with van der Waals surface area (Å²) in [6.45, 7) is 11.8. The molecule has 2 rings (SSSR count). The SMILES string of the molecule is C=C(CN)CN1CCN(CC2CC2)CC1. The van der Waals surface area contributed by atoms with Gasteiger partial charge in [0, 0.05) is 45.8 Å². The highest BCUT2D eigenvalue weighted by molar-refractivity contribution is 4.99. The van der Waals surface area contributed by atoms with Gasteiger partial charge in [0.2, 0.25) is 0 Å². The van der Waals surface area contributed by atoms with Crippen LogP contribution in [0.4, 0.5) is 0 Å². The number of nitrogens with zero attached hydrogens (tertiary/aromatic N) is 2. The van der Waals surface area contributed by atoms with Crippen molar-refractivity contribution in [2.45, 2.75) is 12.8 Å². The summed E-state index contributed by atoms with van der Waals surface area (Å²) in [7, 11) is 0. The summed E-state index contributed by atoms with van der Waals surface area (Å²) >= 11 is 0. The van der Waals surface area contributed by atoms with Crippen molar-refractivity contribution in [1.29, 1.82) is 0 Å². The Labute approximate surface area is 92.9 Å². The predicted octanol–water partition coefficient (Wildman–Crippen LogP) is 0.529. The molecular weight excluding hydrogens is 186 g/mol. The van der Waals surface area contributed by atoms with E-state index >= 15 is 0 Å². The van der Waals surface area contributed by atoms with Gasteiger partial charge in [0.05, 0.1) is 0 Å². The molecule has 2 aliphatic rings. The van der Waals surface area contributed by atoms with Crippen molar-refractivity contribution < 1.29 is 0 Å². The van der Waals surface area contributed by atoms with Crippen molar-refractivity contribution in [1.82, 2.24) is 9.80 Å². The second-order valence-electron chi connectivity index (χ2n) is 4.97. The maximum absolute atomic E-state index is 5.55. The Morgan fingerprint density at radius 1 is 1.13 bits per heavy atom. The van der Waals surface area contributed by atoms with Crippen LogP contribution in [-0.4, -0.2) is 55.6 Å². The van der Waals surface area contributed by atoms with Crippen LogP contribution < -0.4 is 5.73 Å². The third kappa shape index (κ3) is 3.59. The van der Waals surface area contributed by atoms with E-state index in [1.165, 1.54) is 45.6 Å². The average Bonchev–Trinajstić information content (AvgIpc) is 3.05. The van der Waals surface area contributed by atoms with Crippen LogP contribution in [0.25, 0.3) is 0 Å². The van der Waals surface area contributed by atoms with Crippen molar-refractivity contribution in [2.75, 3.05) is 45.8 Å². The average molecular weight is 209 g/mol. The molecule has 0 unspecified atom stereocenters. The van der Waals surface area contributed by atoms with Crippen molar-refractivity contribution >= 4 is 0 Å². The third-order valence-corrected chi connectivity index (χ3v) is 3.41. The van der Waals surface area contributed by atoms with Gasteiger partial charge in [-0.1, -0.05) is 6.58 Å².